The van der Waals surface area contributed by atoms with Crippen LogP contribution in [0.15, 0.2) is 11.6 Å². The van der Waals surface area contributed by atoms with E-state index in [1.807, 2.05) is 20.8 Å². The topological polar surface area (TPSA) is 101 Å². The summed E-state index contributed by atoms with van der Waals surface area (Å²) in [5, 5.41) is 21.3. The van der Waals surface area contributed by atoms with E-state index in [9.17, 15) is 24.6 Å². The number of hydrogen-bond acceptors (Lipinski definition) is 6. The minimum Gasteiger partial charge on any atom is -0.450 e. The van der Waals surface area contributed by atoms with E-state index < -0.39 is 35.5 Å². The zero-order chi connectivity index (χ0) is 25.1. The molecule has 0 aromatic heterocycles. The second kappa shape index (κ2) is 9.01. The van der Waals surface area contributed by atoms with Crippen molar-refractivity contribution in [2.45, 2.75) is 96.1 Å². The van der Waals surface area contributed by atoms with E-state index in [4.69, 9.17) is 16.3 Å². The normalized spacial score (nSPS) is 45.6. The van der Waals surface area contributed by atoms with Crippen LogP contribution in [0.1, 0.15) is 79.1 Å². The van der Waals surface area contributed by atoms with E-state index in [0.29, 0.717) is 32.1 Å². The number of aliphatic hydroxyl groups is 2. The number of halogens is 1. The van der Waals surface area contributed by atoms with E-state index >= 15 is 0 Å². The van der Waals surface area contributed by atoms with Gasteiger partial charge in [-0.15, -0.1) is 11.6 Å². The van der Waals surface area contributed by atoms with Gasteiger partial charge < -0.3 is 14.9 Å². The van der Waals surface area contributed by atoms with Crippen molar-refractivity contribution in [2.75, 3.05) is 6.61 Å². The summed E-state index contributed by atoms with van der Waals surface area (Å²) >= 11 is 7.04. The Morgan fingerprint density at radius 1 is 1.29 bits per heavy atom. The highest BCUT2D eigenvalue weighted by atomic mass is 35.5. The largest absolute Gasteiger partial charge is 0.450 e. The highest BCUT2D eigenvalue weighted by Crippen LogP contribution is 2.70. The van der Waals surface area contributed by atoms with Crippen LogP contribution in [-0.4, -0.2) is 51.4 Å². The molecule has 0 aromatic rings. The third-order valence-electron chi connectivity index (χ3n) is 9.99. The molecule has 0 aliphatic heterocycles. The Bertz CT molecular complexity index is 900. The number of carbonyl (C=O) groups is 3. The first-order valence-corrected chi connectivity index (χ1v) is 13.3. The number of ether oxygens (including phenoxy) is 1. The van der Waals surface area contributed by atoms with Crippen LogP contribution in [0.4, 0.5) is 0 Å². The Kier molecular flexibility index (Phi) is 6.85. The van der Waals surface area contributed by atoms with Gasteiger partial charge in [-0.2, -0.15) is 0 Å². The predicted octanol–water partition coefficient (Wildman–Crippen LogP) is 3.99. The lowest BCUT2D eigenvalue weighted by molar-refractivity contribution is -0.207. The monoisotopic (exact) mass is 494 g/mol. The molecule has 4 rings (SSSR count). The van der Waals surface area contributed by atoms with Crippen LogP contribution in [0.25, 0.3) is 0 Å². The molecule has 34 heavy (non-hydrogen) atoms. The van der Waals surface area contributed by atoms with E-state index in [1.54, 1.807) is 6.08 Å². The number of fused-ring (bicyclic) bond motifs is 5. The van der Waals surface area contributed by atoms with Crippen LogP contribution in [0.2, 0.25) is 0 Å². The smallest absolute Gasteiger partial charge is 0.306 e. The summed E-state index contributed by atoms with van der Waals surface area (Å²) < 4.78 is 6.09. The van der Waals surface area contributed by atoms with Crippen molar-refractivity contribution >= 4 is 29.1 Å². The summed E-state index contributed by atoms with van der Waals surface area (Å²) in [6.45, 7) is 7.29. The Labute approximate surface area is 207 Å². The van der Waals surface area contributed by atoms with Crippen LogP contribution >= 0.6 is 11.6 Å². The number of esters is 1. The number of Topliss-reactive ketones (excluding diaryl/α,β-unsaturated/α-hetero) is 1. The summed E-state index contributed by atoms with van der Waals surface area (Å²) in [5.74, 6) is -1.38. The molecule has 190 valence electrons. The zero-order valence-corrected chi connectivity index (χ0v) is 21.6. The SMILES string of the molecule is CCCCC(=O)O[C@@]1(C(=O)CO)[C@H](C)C[C@H]2[C@H]3[C@H]([C@@H](O)C[C@@]21C)[C@@]1(C)CCC(=O)C=C1C[C@H]3Cl. The number of allylic oxidation sites excluding steroid dienone is 1. The van der Waals surface area contributed by atoms with Gasteiger partial charge in [-0.1, -0.05) is 39.7 Å². The Morgan fingerprint density at radius 3 is 2.65 bits per heavy atom. The molecular weight excluding hydrogens is 456 g/mol. The first kappa shape index (κ1) is 25.8. The molecule has 0 bridgehead atoms. The van der Waals surface area contributed by atoms with Gasteiger partial charge in [-0.3, -0.25) is 14.4 Å². The first-order valence-electron chi connectivity index (χ1n) is 12.9. The van der Waals surface area contributed by atoms with Gasteiger partial charge in [-0.25, -0.2) is 0 Å². The van der Waals surface area contributed by atoms with Crippen LogP contribution in [0.5, 0.6) is 0 Å². The van der Waals surface area contributed by atoms with Gasteiger partial charge in [0.1, 0.15) is 6.61 Å². The fraction of sp³-hybridized carbons (Fsp3) is 0.815. The van der Waals surface area contributed by atoms with Gasteiger partial charge in [0.05, 0.1) is 6.10 Å². The Balaban J connectivity index is 1.78. The van der Waals surface area contributed by atoms with Gasteiger partial charge in [0, 0.05) is 29.6 Å². The predicted molar refractivity (Wildman–Crippen MR) is 128 cm³/mol. The maximum Gasteiger partial charge on any atom is 0.306 e. The highest BCUT2D eigenvalue weighted by Gasteiger charge is 2.73. The molecule has 0 saturated heterocycles. The van der Waals surface area contributed by atoms with Crippen molar-refractivity contribution in [3.8, 4) is 0 Å². The molecule has 0 spiro atoms. The van der Waals surface area contributed by atoms with Gasteiger partial charge in [0.15, 0.2) is 11.4 Å². The molecule has 3 saturated carbocycles. The molecule has 4 aliphatic carbocycles. The fourth-order valence-corrected chi connectivity index (χ4v) is 8.95. The minimum absolute atomic E-state index is 0.0520. The third-order valence-corrected chi connectivity index (χ3v) is 10.4. The van der Waals surface area contributed by atoms with E-state index in [1.165, 1.54) is 0 Å². The Morgan fingerprint density at radius 2 is 2.00 bits per heavy atom. The summed E-state index contributed by atoms with van der Waals surface area (Å²) in [4.78, 5) is 38.4. The average molecular weight is 495 g/mol. The standard InChI is InChI=1S/C27H39ClO6/c1-5-6-7-22(33)34-27(21(32)14-29)15(2)10-18-23-19(28)12-16-11-17(30)8-9-25(16,3)24(23)20(31)13-26(18,27)4/h11,15,18-20,23-24,29,31H,5-10,12-14H2,1-4H3/t15-,18+,19-,20+,23-,24+,25+,26+,27-/m1/s1. The van der Waals surface area contributed by atoms with E-state index in [0.717, 1.165) is 12.0 Å². The maximum atomic E-state index is 13.4. The number of alkyl halides is 1. The lowest BCUT2D eigenvalue weighted by Crippen LogP contribution is -2.65. The molecular formula is C27H39ClO6. The average Bonchev–Trinajstić information content (AvgIpc) is 2.99. The van der Waals surface area contributed by atoms with Crippen LogP contribution in [-0.2, 0) is 19.1 Å². The maximum absolute atomic E-state index is 13.4. The van der Waals surface area contributed by atoms with Crippen LogP contribution in [0, 0.1) is 34.5 Å². The molecule has 0 aromatic carbocycles. The summed E-state index contributed by atoms with van der Waals surface area (Å²) in [6.07, 6.45) is 5.34. The molecule has 0 unspecified atom stereocenters. The lowest BCUT2D eigenvalue weighted by Gasteiger charge is -2.61. The van der Waals surface area contributed by atoms with Crippen molar-refractivity contribution in [1.82, 2.24) is 0 Å². The molecule has 2 N–H and O–H groups in total. The number of unbranched alkanes of at least 4 members (excludes halogenated alkanes) is 1. The van der Waals surface area contributed by atoms with Gasteiger partial charge in [-0.05, 0) is 61.3 Å². The number of ketones is 2. The van der Waals surface area contributed by atoms with Crippen molar-refractivity contribution in [2.24, 2.45) is 34.5 Å². The second-order valence-corrected chi connectivity index (χ2v) is 12.3. The number of aliphatic hydroxyl groups excluding tert-OH is 2. The Hall–Kier alpha value is -1.24. The lowest BCUT2D eigenvalue weighted by atomic mass is 9.45. The van der Waals surface area contributed by atoms with E-state index in [2.05, 4.69) is 6.92 Å². The van der Waals surface area contributed by atoms with Crippen LogP contribution in [0.3, 0.4) is 0 Å². The molecule has 9 atom stereocenters. The minimum atomic E-state index is -1.49. The summed E-state index contributed by atoms with van der Waals surface area (Å²) in [7, 11) is 0. The molecule has 0 amide bonds. The molecule has 4 aliphatic rings. The molecule has 6 nitrogen and oxygen atoms in total. The van der Waals surface area contributed by atoms with Crippen molar-refractivity contribution in [3.63, 3.8) is 0 Å². The number of hydrogen-bond donors (Lipinski definition) is 2. The first-order chi connectivity index (χ1) is 16.0. The molecule has 3 fully saturated rings. The summed E-state index contributed by atoms with van der Waals surface area (Å²) in [6, 6.07) is 0. The fourth-order valence-electron chi connectivity index (χ4n) is 8.46. The van der Waals surface area contributed by atoms with Gasteiger partial charge >= 0.3 is 5.97 Å². The third kappa shape index (κ3) is 3.54. The molecule has 7 heteroatoms. The number of carbonyl (C=O) groups excluding carboxylic acids is 3. The quantitative estimate of drug-likeness (QED) is 0.427. The molecule has 0 heterocycles. The van der Waals surface area contributed by atoms with Crippen molar-refractivity contribution in [3.05, 3.63) is 11.6 Å². The van der Waals surface area contributed by atoms with Gasteiger partial charge in [0.2, 0.25) is 5.78 Å². The number of rotatable bonds is 6. The van der Waals surface area contributed by atoms with E-state index in [-0.39, 0.29) is 53.1 Å². The van der Waals surface area contributed by atoms with Crippen LogP contribution < -0.4 is 0 Å². The molecule has 0 radical (unpaired) electrons. The van der Waals surface area contributed by atoms with Gasteiger partial charge in [0.25, 0.3) is 0 Å². The van der Waals surface area contributed by atoms with Crippen molar-refractivity contribution < 1.29 is 29.3 Å². The zero-order valence-electron chi connectivity index (χ0n) is 20.8. The summed E-state index contributed by atoms with van der Waals surface area (Å²) in [5.41, 5.74) is -1.62. The second-order valence-electron chi connectivity index (χ2n) is 11.7. The highest BCUT2D eigenvalue weighted by molar-refractivity contribution is 6.21. The van der Waals surface area contributed by atoms with Crippen molar-refractivity contribution in [1.29, 1.82) is 0 Å².